The number of likely N-dealkylation sites (N-methyl/N-ethyl adjacent to an activating group) is 2. The van der Waals surface area contributed by atoms with E-state index in [0.717, 1.165) is 19.3 Å². The van der Waals surface area contributed by atoms with Gasteiger partial charge >= 0.3 is 0 Å². The Morgan fingerprint density at radius 3 is 2.33 bits per heavy atom. The molecule has 4 rings (SSSR count). The molecule has 3 aliphatic rings. The van der Waals surface area contributed by atoms with Crippen molar-refractivity contribution in [1.82, 2.24) is 19.0 Å². The van der Waals surface area contributed by atoms with Crippen LogP contribution in [0.3, 0.4) is 0 Å². The molecule has 0 N–H and O–H groups in total. The van der Waals surface area contributed by atoms with Crippen LogP contribution in [0.15, 0.2) is 17.0 Å². The van der Waals surface area contributed by atoms with E-state index in [0.29, 0.717) is 33.9 Å². The van der Waals surface area contributed by atoms with Crippen molar-refractivity contribution in [2.24, 2.45) is 0 Å². The highest BCUT2D eigenvalue weighted by molar-refractivity contribution is 7.89. The molecular formula is C29H48N4O5S. The lowest BCUT2D eigenvalue weighted by Gasteiger charge is -2.39. The maximum atomic E-state index is 13.2. The van der Waals surface area contributed by atoms with Gasteiger partial charge in [0.25, 0.3) is 0 Å². The van der Waals surface area contributed by atoms with Gasteiger partial charge in [-0.1, -0.05) is 0 Å². The van der Waals surface area contributed by atoms with Crippen molar-refractivity contribution in [3.8, 4) is 5.75 Å². The minimum Gasteiger partial charge on any atom is -0.497 e. The molecule has 0 unspecified atom stereocenters. The lowest BCUT2D eigenvalue weighted by Crippen LogP contribution is -2.47. The number of sulfonamides is 1. The normalized spacial score (nSPS) is 24.9. The summed E-state index contributed by atoms with van der Waals surface area (Å²) in [6.07, 6.45) is 8.36. The number of carbonyl (C=O) groups excluding carboxylic acids is 1. The molecule has 39 heavy (non-hydrogen) atoms. The van der Waals surface area contributed by atoms with Crippen LogP contribution < -0.4 is 4.74 Å². The van der Waals surface area contributed by atoms with Crippen LogP contribution in [0.5, 0.6) is 5.75 Å². The Hall–Kier alpha value is -1.72. The Kier molecular flexibility index (Phi) is 10.3. The number of carbonyl (C=O) groups is 1. The Labute approximate surface area is 235 Å². The van der Waals surface area contributed by atoms with Gasteiger partial charge < -0.3 is 14.4 Å². The van der Waals surface area contributed by atoms with E-state index in [9.17, 15) is 13.2 Å². The van der Waals surface area contributed by atoms with E-state index in [-0.39, 0.29) is 31.7 Å². The third-order valence-electron chi connectivity index (χ3n) is 9.04. The van der Waals surface area contributed by atoms with E-state index in [1.165, 1.54) is 56.2 Å². The van der Waals surface area contributed by atoms with E-state index in [2.05, 4.69) is 9.80 Å². The van der Waals surface area contributed by atoms with E-state index in [1.54, 1.807) is 40.1 Å². The lowest BCUT2D eigenvalue weighted by atomic mass is 9.89. The van der Waals surface area contributed by atoms with Crippen molar-refractivity contribution in [2.75, 3.05) is 67.1 Å². The van der Waals surface area contributed by atoms with Crippen molar-refractivity contribution in [2.45, 2.75) is 81.8 Å². The monoisotopic (exact) mass is 564 g/mol. The Balaban J connectivity index is 1.22. The van der Waals surface area contributed by atoms with E-state index < -0.39 is 10.0 Å². The van der Waals surface area contributed by atoms with Gasteiger partial charge in [-0.15, -0.1) is 0 Å². The molecule has 1 aromatic rings. The van der Waals surface area contributed by atoms with Crippen LogP contribution in [-0.2, 0) is 19.6 Å². The number of methoxy groups -OCH3 is 1. The second-order valence-electron chi connectivity index (χ2n) is 11.6. The van der Waals surface area contributed by atoms with Crippen molar-refractivity contribution in [3.63, 3.8) is 0 Å². The summed E-state index contributed by atoms with van der Waals surface area (Å²) in [5, 5.41) is 0. The summed E-state index contributed by atoms with van der Waals surface area (Å²) in [7, 11) is 1.31. The summed E-state index contributed by atoms with van der Waals surface area (Å²) in [4.78, 5) is 20.5. The smallest absolute Gasteiger partial charge is 0.248 e. The molecule has 1 saturated carbocycles. The summed E-state index contributed by atoms with van der Waals surface area (Å²) in [5.74, 6) is 0.595. The molecule has 0 radical (unpaired) electrons. The summed E-state index contributed by atoms with van der Waals surface area (Å²) >= 11 is 0. The number of likely N-dealkylation sites (tertiary alicyclic amines) is 2. The van der Waals surface area contributed by atoms with Crippen LogP contribution in [-0.4, -0.2) is 119 Å². The molecule has 2 heterocycles. The number of ether oxygens (including phenoxy) is 2. The Morgan fingerprint density at radius 1 is 0.974 bits per heavy atom. The molecule has 2 aliphatic heterocycles. The first-order chi connectivity index (χ1) is 18.6. The molecule has 2 saturated heterocycles. The molecule has 220 valence electrons. The molecule has 1 aromatic carbocycles. The number of amides is 1. The van der Waals surface area contributed by atoms with Gasteiger partial charge in [0.05, 0.1) is 18.6 Å². The van der Waals surface area contributed by atoms with Crippen molar-refractivity contribution < 1.29 is 22.7 Å². The molecule has 3 fully saturated rings. The van der Waals surface area contributed by atoms with Crippen LogP contribution >= 0.6 is 0 Å². The van der Waals surface area contributed by atoms with Crippen molar-refractivity contribution in [3.05, 3.63) is 23.3 Å². The van der Waals surface area contributed by atoms with Gasteiger partial charge in [0.15, 0.2) is 0 Å². The van der Waals surface area contributed by atoms with E-state index in [4.69, 9.17) is 9.47 Å². The fraction of sp³-hybridized carbons (Fsp3) is 0.759. The number of aryl methyl sites for hydroxylation is 2. The molecule has 0 bridgehead atoms. The minimum absolute atomic E-state index is 0.0348. The van der Waals surface area contributed by atoms with Gasteiger partial charge in [0.1, 0.15) is 12.4 Å². The first-order valence-electron chi connectivity index (χ1n) is 14.5. The van der Waals surface area contributed by atoms with Crippen LogP contribution in [0, 0.1) is 13.8 Å². The van der Waals surface area contributed by atoms with Crippen LogP contribution in [0.1, 0.15) is 56.1 Å². The maximum Gasteiger partial charge on any atom is 0.248 e. The molecule has 10 heteroatoms. The fourth-order valence-electron chi connectivity index (χ4n) is 6.70. The summed E-state index contributed by atoms with van der Waals surface area (Å²) < 4.78 is 38.6. The first-order valence-corrected chi connectivity index (χ1v) is 16.0. The quantitative estimate of drug-likeness (QED) is 0.382. The average Bonchev–Trinajstić information content (AvgIpc) is 3.62. The molecule has 3 atom stereocenters. The summed E-state index contributed by atoms with van der Waals surface area (Å²) in [6.45, 7) is 8.68. The van der Waals surface area contributed by atoms with Crippen LogP contribution in [0.25, 0.3) is 0 Å². The van der Waals surface area contributed by atoms with E-state index >= 15 is 0 Å². The molecule has 9 nitrogen and oxygen atoms in total. The zero-order valence-corrected chi connectivity index (χ0v) is 25.3. The fourth-order valence-corrected chi connectivity index (χ4v) is 8.25. The van der Waals surface area contributed by atoms with Crippen molar-refractivity contribution >= 4 is 15.9 Å². The van der Waals surface area contributed by atoms with Gasteiger partial charge in [-0.25, -0.2) is 8.42 Å². The SMILES string of the molecule is COc1cc(C)c(S(=O)(=O)N(C)CCOCC(=O)N(C)[C@@H]2CCC[C@@H](N3CC[C@H](N4CCCC4)C3)C2)c(C)c1. The Morgan fingerprint density at radius 2 is 1.67 bits per heavy atom. The van der Waals surface area contributed by atoms with Crippen LogP contribution in [0.4, 0.5) is 0 Å². The average molecular weight is 565 g/mol. The number of nitrogens with zero attached hydrogens (tertiary/aromatic N) is 4. The largest absolute Gasteiger partial charge is 0.497 e. The van der Waals surface area contributed by atoms with E-state index in [1.807, 2.05) is 11.9 Å². The van der Waals surface area contributed by atoms with Gasteiger partial charge in [-0.05, 0) is 95.1 Å². The third kappa shape index (κ3) is 7.14. The molecule has 1 aliphatic carbocycles. The highest BCUT2D eigenvalue weighted by atomic mass is 32.2. The summed E-state index contributed by atoms with van der Waals surface area (Å²) in [6, 6.07) is 4.94. The number of benzene rings is 1. The highest BCUT2D eigenvalue weighted by Gasteiger charge is 2.36. The van der Waals surface area contributed by atoms with Crippen LogP contribution in [0.2, 0.25) is 0 Å². The standard InChI is InChI=1S/C29H48N4O5S/c1-22-17-27(37-5)18-23(2)29(22)39(35,36)30(3)15-16-38-21-28(34)31(4)24-9-8-10-25(19-24)33-14-11-26(20-33)32-12-6-7-13-32/h17-18,24-26H,6-16,19-21H2,1-5H3/t24-,25-,26+/m1/s1. The van der Waals surface area contributed by atoms with Gasteiger partial charge in [-0.2, -0.15) is 4.31 Å². The highest BCUT2D eigenvalue weighted by Crippen LogP contribution is 2.31. The predicted molar refractivity (Wildman–Crippen MR) is 153 cm³/mol. The van der Waals surface area contributed by atoms with Gasteiger partial charge in [-0.3, -0.25) is 14.6 Å². The number of hydrogen-bond donors (Lipinski definition) is 0. The zero-order chi connectivity index (χ0) is 28.2. The molecule has 1 amide bonds. The molecular weight excluding hydrogens is 516 g/mol. The zero-order valence-electron chi connectivity index (χ0n) is 24.5. The maximum absolute atomic E-state index is 13.2. The van der Waals surface area contributed by atoms with Gasteiger partial charge in [0, 0.05) is 51.9 Å². The molecule has 0 aromatic heterocycles. The topological polar surface area (TPSA) is 82.6 Å². The number of rotatable bonds is 11. The first kappa shape index (κ1) is 30.2. The second kappa shape index (κ2) is 13.3. The number of hydrogen-bond acceptors (Lipinski definition) is 7. The Bertz CT molecular complexity index is 1070. The van der Waals surface area contributed by atoms with Gasteiger partial charge in [0.2, 0.25) is 15.9 Å². The second-order valence-corrected chi connectivity index (χ2v) is 13.6. The lowest BCUT2D eigenvalue weighted by molar-refractivity contribution is -0.137. The van der Waals surface area contributed by atoms with Crippen molar-refractivity contribution in [1.29, 1.82) is 0 Å². The predicted octanol–water partition coefficient (Wildman–Crippen LogP) is 2.89. The molecule has 0 spiro atoms. The summed E-state index contributed by atoms with van der Waals surface area (Å²) in [5.41, 5.74) is 1.28. The minimum atomic E-state index is -3.69. The third-order valence-corrected chi connectivity index (χ3v) is 11.2.